The van der Waals surface area contributed by atoms with Gasteiger partial charge in [-0.2, -0.15) is 0 Å². The summed E-state index contributed by atoms with van der Waals surface area (Å²) < 4.78 is 12.1. The van der Waals surface area contributed by atoms with Crippen LogP contribution in [0.4, 0.5) is 5.13 Å². The van der Waals surface area contributed by atoms with Crippen molar-refractivity contribution in [2.45, 2.75) is 40.7 Å². The lowest BCUT2D eigenvalue weighted by Crippen LogP contribution is -2.32. The summed E-state index contributed by atoms with van der Waals surface area (Å²) in [4.78, 5) is 20.1. The molecule has 0 N–H and O–H groups in total. The molecule has 0 fully saturated rings. The molecule has 31 heavy (non-hydrogen) atoms. The number of hydrogen-bond donors (Lipinski definition) is 0. The Labute approximate surface area is 186 Å². The lowest BCUT2D eigenvalue weighted by Gasteiger charge is -2.20. The second-order valence-electron chi connectivity index (χ2n) is 7.87. The molecule has 0 spiro atoms. The molecule has 0 radical (unpaired) electrons. The molecule has 2 heterocycles. The Morgan fingerprint density at radius 2 is 1.84 bits per heavy atom. The maximum absolute atomic E-state index is 13.6. The molecule has 0 aliphatic rings. The number of ether oxygens (including phenoxy) is 1. The number of aromatic nitrogens is 1. The van der Waals surface area contributed by atoms with Crippen molar-refractivity contribution in [1.29, 1.82) is 0 Å². The van der Waals surface area contributed by atoms with Crippen LogP contribution in [0.5, 0.6) is 5.75 Å². The second kappa shape index (κ2) is 8.55. The molecule has 0 aliphatic carbocycles. The number of benzene rings is 2. The smallest absolute Gasteiger partial charge is 0.233 e. The van der Waals surface area contributed by atoms with Gasteiger partial charge in [-0.1, -0.05) is 35.1 Å². The number of hydrogen-bond acceptors (Lipinski definition) is 5. The minimum Gasteiger partial charge on any atom is -0.494 e. The summed E-state index contributed by atoms with van der Waals surface area (Å²) >= 11 is 1.51. The van der Waals surface area contributed by atoms with Crippen LogP contribution >= 0.6 is 11.3 Å². The molecule has 0 saturated heterocycles. The number of anilines is 1. The van der Waals surface area contributed by atoms with Crippen molar-refractivity contribution in [3.05, 3.63) is 76.2 Å². The van der Waals surface area contributed by atoms with Crippen LogP contribution < -0.4 is 9.64 Å². The molecular weight excluding hydrogens is 408 g/mol. The summed E-state index contributed by atoms with van der Waals surface area (Å²) in [5, 5.41) is 0.645. The van der Waals surface area contributed by atoms with Crippen molar-refractivity contribution in [2.24, 2.45) is 0 Å². The third-order valence-corrected chi connectivity index (χ3v) is 6.72. The highest BCUT2D eigenvalue weighted by Crippen LogP contribution is 2.37. The first-order chi connectivity index (χ1) is 14.9. The fourth-order valence-electron chi connectivity index (χ4n) is 3.93. The van der Waals surface area contributed by atoms with E-state index in [-0.39, 0.29) is 5.91 Å². The number of thiazole rings is 1. The molecule has 0 bridgehead atoms. The van der Waals surface area contributed by atoms with E-state index in [1.54, 1.807) is 18.3 Å². The van der Waals surface area contributed by atoms with Gasteiger partial charge in [0.15, 0.2) is 5.13 Å². The van der Waals surface area contributed by atoms with Gasteiger partial charge >= 0.3 is 0 Å². The second-order valence-corrected chi connectivity index (χ2v) is 8.85. The van der Waals surface area contributed by atoms with Gasteiger partial charge < -0.3 is 9.15 Å². The Morgan fingerprint density at radius 1 is 1.10 bits per heavy atom. The SMILES string of the molecule is COc1ccc(C)c2sc(N(Cc3ccco3)C(=O)Cc3c(C)cc(C)cc3C)nc12. The topological polar surface area (TPSA) is 55.6 Å². The number of carbonyl (C=O) groups is 1. The summed E-state index contributed by atoms with van der Waals surface area (Å²) in [6.07, 6.45) is 1.93. The highest BCUT2D eigenvalue weighted by atomic mass is 32.1. The van der Waals surface area contributed by atoms with Crippen LogP contribution in [0.25, 0.3) is 10.2 Å². The third-order valence-electron chi connectivity index (χ3n) is 5.51. The van der Waals surface area contributed by atoms with E-state index in [1.807, 2.05) is 31.2 Å². The van der Waals surface area contributed by atoms with Gasteiger partial charge in [0.2, 0.25) is 5.91 Å². The number of methoxy groups -OCH3 is 1. The number of carbonyl (C=O) groups excluding carboxylic acids is 1. The van der Waals surface area contributed by atoms with Crippen LogP contribution in [-0.2, 0) is 17.8 Å². The van der Waals surface area contributed by atoms with Gasteiger partial charge in [-0.25, -0.2) is 4.98 Å². The van der Waals surface area contributed by atoms with E-state index < -0.39 is 0 Å². The Kier molecular flexibility index (Phi) is 5.83. The highest BCUT2D eigenvalue weighted by molar-refractivity contribution is 7.22. The van der Waals surface area contributed by atoms with E-state index >= 15 is 0 Å². The van der Waals surface area contributed by atoms with E-state index in [9.17, 15) is 4.79 Å². The molecule has 5 nitrogen and oxygen atoms in total. The maximum Gasteiger partial charge on any atom is 0.233 e. The monoisotopic (exact) mass is 434 g/mol. The van der Waals surface area contributed by atoms with Crippen molar-refractivity contribution < 1.29 is 13.9 Å². The number of furan rings is 1. The summed E-state index contributed by atoms with van der Waals surface area (Å²) in [6, 6.07) is 11.9. The van der Waals surface area contributed by atoms with Crippen LogP contribution in [0.1, 0.15) is 33.6 Å². The van der Waals surface area contributed by atoms with Gasteiger partial charge in [0, 0.05) is 0 Å². The predicted octanol–water partition coefficient (Wildman–Crippen LogP) is 5.91. The lowest BCUT2D eigenvalue weighted by atomic mass is 9.97. The van der Waals surface area contributed by atoms with Crippen LogP contribution in [0.3, 0.4) is 0 Å². The van der Waals surface area contributed by atoms with Gasteiger partial charge in [-0.3, -0.25) is 9.69 Å². The zero-order valence-corrected chi connectivity index (χ0v) is 19.3. The van der Waals surface area contributed by atoms with Crippen molar-refractivity contribution in [3.8, 4) is 5.75 Å². The normalized spacial score (nSPS) is 11.1. The zero-order chi connectivity index (χ0) is 22.1. The summed E-state index contributed by atoms with van der Waals surface area (Å²) in [5.41, 5.74) is 6.41. The largest absolute Gasteiger partial charge is 0.494 e. The van der Waals surface area contributed by atoms with Crippen molar-refractivity contribution in [3.63, 3.8) is 0 Å². The molecule has 1 amide bonds. The number of rotatable bonds is 6. The fraction of sp³-hybridized carbons (Fsp3) is 0.280. The summed E-state index contributed by atoms with van der Waals surface area (Å²) in [7, 11) is 1.64. The Morgan fingerprint density at radius 3 is 2.48 bits per heavy atom. The molecule has 0 aliphatic heterocycles. The van der Waals surface area contributed by atoms with Crippen molar-refractivity contribution >= 4 is 32.6 Å². The van der Waals surface area contributed by atoms with Gasteiger partial charge in [-0.05, 0) is 68.1 Å². The van der Waals surface area contributed by atoms with E-state index in [1.165, 1.54) is 16.9 Å². The summed E-state index contributed by atoms with van der Waals surface area (Å²) in [5.74, 6) is 1.41. The molecule has 4 rings (SSSR count). The minimum atomic E-state index is -0.0119. The van der Waals surface area contributed by atoms with E-state index in [0.717, 1.165) is 32.5 Å². The van der Waals surface area contributed by atoms with Crippen LogP contribution in [0, 0.1) is 27.7 Å². The fourth-order valence-corrected chi connectivity index (χ4v) is 5.00. The molecule has 0 atom stereocenters. The van der Waals surface area contributed by atoms with Crippen LogP contribution in [0.2, 0.25) is 0 Å². The van der Waals surface area contributed by atoms with Crippen molar-refractivity contribution in [2.75, 3.05) is 12.0 Å². The molecule has 0 unspecified atom stereocenters. The average molecular weight is 435 g/mol. The Hall–Kier alpha value is -3.12. The molecule has 4 aromatic rings. The van der Waals surface area contributed by atoms with Gasteiger partial charge in [0.25, 0.3) is 0 Å². The first-order valence-corrected chi connectivity index (χ1v) is 11.0. The molecule has 0 saturated carbocycles. The zero-order valence-electron chi connectivity index (χ0n) is 18.5. The molecule has 2 aromatic carbocycles. The van der Waals surface area contributed by atoms with Gasteiger partial charge in [-0.15, -0.1) is 0 Å². The number of aryl methyl sites for hydroxylation is 4. The van der Waals surface area contributed by atoms with Crippen LogP contribution in [-0.4, -0.2) is 18.0 Å². The third kappa shape index (κ3) is 4.21. The lowest BCUT2D eigenvalue weighted by molar-refractivity contribution is -0.118. The predicted molar refractivity (Wildman–Crippen MR) is 125 cm³/mol. The quantitative estimate of drug-likeness (QED) is 0.379. The first-order valence-electron chi connectivity index (χ1n) is 10.2. The number of amides is 1. The minimum absolute atomic E-state index is 0.0119. The summed E-state index contributed by atoms with van der Waals surface area (Å²) in [6.45, 7) is 8.57. The van der Waals surface area contributed by atoms with E-state index in [4.69, 9.17) is 14.1 Å². The first kappa shape index (κ1) is 21.1. The molecule has 2 aromatic heterocycles. The number of nitrogens with zero attached hydrogens (tertiary/aromatic N) is 2. The maximum atomic E-state index is 13.6. The van der Waals surface area contributed by atoms with Crippen LogP contribution in [0.15, 0.2) is 47.1 Å². The van der Waals surface area contributed by atoms with E-state index in [0.29, 0.717) is 29.6 Å². The Balaban J connectivity index is 1.75. The molecule has 6 heteroatoms. The average Bonchev–Trinajstić information content (AvgIpc) is 3.39. The molecule has 160 valence electrons. The van der Waals surface area contributed by atoms with Gasteiger partial charge in [0.1, 0.15) is 17.0 Å². The van der Waals surface area contributed by atoms with Gasteiger partial charge in [0.05, 0.1) is 31.0 Å². The number of fused-ring (bicyclic) bond motifs is 1. The highest BCUT2D eigenvalue weighted by Gasteiger charge is 2.24. The Bertz CT molecular complexity index is 1220. The standard InChI is InChI=1S/C25H26N2O3S/c1-15-11-17(3)20(18(4)12-15)13-22(28)27(14-19-7-6-10-30-19)25-26-23-21(29-5)9-8-16(2)24(23)31-25/h6-12H,13-14H2,1-5H3. The van der Waals surface area contributed by atoms with Crippen molar-refractivity contribution in [1.82, 2.24) is 4.98 Å². The van der Waals surface area contributed by atoms with E-state index in [2.05, 4.69) is 32.9 Å². The molecular formula is C25H26N2O3S.